The van der Waals surface area contributed by atoms with E-state index in [0.29, 0.717) is 6.54 Å². The number of methoxy groups -OCH3 is 1. The van der Waals surface area contributed by atoms with Crippen molar-refractivity contribution in [1.29, 1.82) is 0 Å². The molecule has 0 aliphatic carbocycles. The molecule has 0 amide bonds. The molecule has 2 rings (SSSR count). The Labute approximate surface area is 185 Å². The highest BCUT2D eigenvalue weighted by atomic mass is 127. The zero-order valence-electron chi connectivity index (χ0n) is 17.2. The van der Waals surface area contributed by atoms with Crippen molar-refractivity contribution in [1.82, 2.24) is 15.6 Å². The van der Waals surface area contributed by atoms with Gasteiger partial charge in [-0.15, -0.1) is 24.0 Å². The van der Waals surface area contributed by atoms with Gasteiger partial charge in [-0.2, -0.15) is 0 Å². The summed E-state index contributed by atoms with van der Waals surface area (Å²) in [5.41, 5.74) is 2.39. The molecule has 0 aliphatic heterocycles. The highest BCUT2D eigenvalue weighted by Crippen LogP contribution is 2.12. The van der Waals surface area contributed by atoms with Crippen LogP contribution >= 0.6 is 24.0 Å². The van der Waals surface area contributed by atoms with E-state index in [0.717, 1.165) is 49.1 Å². The standard InChI is InChI=1S/C21H31N5O.HI/c1-5-26(6-2)20-12-9-18(15-24-20)16-25-21(22-3)23-14-13-17-7-10-19(27-4)11-8-17;/h7-12,15H,5-6,13-14,16H2,1-4H3,(H2,22,23,25);1H. The quantitative estimate of drug-likeness (QED) is 0.316. The van der Waals surface area contributed by atoms with Gasteiger partial charge in [-0.1, -0.05) is 18.2 Å². The van der Waals surface area contributed by atoms with Crippen LogP contribution in [-0.4, -0.2) is 44.7 Å². The number of nitrogens with zero attached hydrogens (tertiary/aromatic N) is 3. The van der Waals surface area contributed by atoms with Crippen molar-refractivity contribution >= 4 is 35.8 Å². The number of ether oxygens (including phenoxy) is 1. The van der Waals surface area contributed by atoms with Crippen molar-refractivity contribution in [2.24, 2.45) is 4.99 Å². The number of benzene rings is 1. The van der Waals surface area contributed by atoms with E-state index in [2.05, 4.69) is 63.6 Å². The van der Waals surface area contributed by atoms with E-state index in [1.807, 2.05) is 18.3 Å². The van der Waals surface area contributed by atoms with Crippen molar-refractivity contribution in [3.05, 3.63) is 53.7 Å². The Morgan fingerprint density at radius 1 is 1.04 bits per heavy atom. The molecule has 6 nitrogen and oxygen atoms in total. The average molecular weight is 497 g/mol. The van der Waals surface area contributed by atoms with Crippen LogP contribution < -0.4 is 20.3 Å². The van der Waals surface area contributed by atoms with Crippen molar-refractivity contribution < 1.29 is 4.74 Å². The third kappa shape index (κ3) is 7.53. The SMILES string of the molecule is CCN(CC)c1ccc(CNC(=NC)NCCc2ccc(OC)cc2)cn1.I. The van der Waals surface area contributed by atoms with Crippen molar-refractivity contribution in [2.45, 2.75) is 26.8 Å². The summed E-state index contributed by atoms with van der Waals surface area (Å²) >= 11 is 0. The predicted molar refractivity (Wildman–Crippen MR) is 128 cm³/mol. The third-order valence-electron chi connectivity index (χ3n) is 4.45. The molecule has 0 fully saturated rings. The highest BCUT2D eigenvalue weighted by Gasteiger charge is 2.04. The summed E-state index contributed by atoms with van der Waals surface area (Å²) in [7, 11) is 3.46. The van der Waals surface area contributed by atoms with Crippen LogP contribution in [0.15, 0.2) is 47.6 Å². The van der Waals surface area contributed by atoms with E-state index in [9.17, 15) is 0 Å². The molecule has 0 saturated carbocycles. The summed E-state index contributed by atoms with van der Waals surface area (Å²) < 4.78 is 5.18. The van der Waals surface area contributed by atoms with Gasteiger partial charge in [0.15, 0.2) is 5.96 Å². The molecular formula is C21H32IN5O. The second kappa shape index (κ2) is 13.2. The molecular weight excluding hydrogens is 465 g/mol. The minimum Gasteiger partial charge on any atom is -0.497 e. The number of aliphatic imine (C=N–C) groups is 1. The smallest absolute Gasteiger partial charge is 0.191 e. The van der Waals surface area contributed by atoms with Gasteiger partial charge in [0.05, 0.1) is 7.11 Å². The van der Waals surface area contributed by atoms with Gasteiger partial charge in [-0.25, -0.2) is 4.98 Å². The number of pyridine rings is 1. The second-order valence-corrected chi connectivity index (χ2v) is 6.15. The lowest BCUT2D eigenvalue weighted by molar-refractivity contribution is 0.414. The van der Waals surface area contributed by atoms with E-state index < -0.39 is 0 Å². The van der Waals surface area contributed by atoms with Crippen molar-refractivity contribution in [3.8, 4) is 5.75 Å². The van der Waals surface area contributed by atoms with Crippen LogP contribution in [0.4, 0.5) is 5.82 Å². The Balaban J connectivity index is 0.00000392. The molecule has 154 valence electrons. The van der Waals surface area contributed by atoms with Crippen LogP contribution in [0, 0.1) is 0 Å². The van der Waals surface area contributed by atoms with Crippen molar-refractivity contribution in [3.63, 3.8) is 0 Å². The second-order valence-electron chi connectivity index (χ2n) is 6.15. The number of guanidine groups is 1. The van der Waals surface area contributed by atoms with Crippen LogP contribution in [0.2, 0.25) is 0 Å². The maximum Gasteiger partial charge on any atom is 0.191 e. The number of hydrogen-bond donors (Lipinski definition) is 2. The van der Waals surface area contributed by atoms with E-state index in [1.54, 1.807) is 14.2 Å². The molecule has 0 saturated heterocycles. The Kier molecular flexibility index (Phi) is 11.3. The molecule has 0 aliphatic rings. The number of hydrogen-bond acceptors (Lipinski definition) is 4. The predicted octanol–water partition coefficient (Wildman–Crippen LogP) is 3.46. The van der Waals surface area contributed by atoms with Gasteiger partial charge in [0.1, 0.15) is 11.6 Å². The highest BCUT2D eigenvalue weighted by molar-refractivity contribution is 14.0. The molecule has 1 aromatic heterocycles. The average Bonchev–Trinajstić information content (AvgIpc) is 2.73. The summed E-state index contributed by atoms with van der Waals surface area (Å²) in [6.45, 7) is 7.71. The van der Waals surface area contributed by atoms with Gasteiger partial charge in [0.25, 0.3) is 0 Å². The van der Waals surface area contributed by atoms with Crippen LogP contribution in [-0.2, 0) is 13.0 Å². The summed E-state index contributed by atoms with van der Waals surface area (Å²) in [5, 5.41) is 6.68. The van der Waals surface area contributed by atoms with Crippen LogP contribution in [0.1, 0.15) is 25.0 Å². The van der Waals surface area contributed by atoms with Gasteiger partial charge in [-0.3, -0.25) is 4.99 Å². The lowest BCUT2D eigenvalue weighted by Gasteiger charge is -2.19. The lowest BCUT2D eigenvalue weighted by Crippen LogP contribution is -2.37. The molecule has 0 radical (unpaired) electrons. The maximum atomic E-state index is 5.18. The largest absolute Gasteiger partial charge is 0.497 e. The molecule has 0 bridgehead atoms. The zero-order chi connectivity index (χ0) is 19.5. The first kappa shape index (κ1) is 24.0. The van der Waals surface area contributed by atoms with Crippen LogP contribution in [0.5, 0.6) is 5.75 Å². The molecule has 0 spiro atoms. The van der Waals surface area contributed by atoms with Gasteiger partial charge >= 0.3 is 0 Å². The topological polar surface area (TPSA) is 61.8 Å². The van der Waals surface area contributed by atoms with Gasteiger partial charge < -0.3 is 20.3 Å². The number of nitrogens with one attached hydrogen (secondary N) is 2. The Morgan fingerprint density at radius 2 is 1.71 bits per heavy atom. The van der Waals surface area contributed by atoms with E-state index >= 15 is 0 Å². The molecule has 28 heavy (non-hydrogen) atoms. The molecule has 2 N–H and O–H groups in total. The fraction of sp³-hybridized carbons (Fsp3) is 0.429. The van der Waals surface area contributed by atoms with Crippen LogP contribution in [0.25, 0.3) is 0 Å². The molecule has 2 aromatic rings. The number of halogens is 1. The maximum absolute atomic E-state index is 5.18. The van der Waals surface area contributed by atoms with Crippen molar-refractivity contribution in [2.75, 3.05) is 38.7 Å². The summed E-state index contributed by atoms with van der Waals surface area (Å²) in [6, 6.07) is 12.3. The Morgan fingerprint density at radius 3 is 2.25 bits per heavy atom. The monoisotopic (exact) mass is 497 g/mol. The summed E-state index contributed by atoms with van der Waals surface area (Å²) in [4.78, 5) is 11.1. The van der Waals surface area contributed by atoms with Crippen LogP contribution in [0.3, 0.4) is 0 Å². The summed E-state index contributed by atoms with van der Waals surface area (Å²) in [6.07, 6.45) is 2.84. The molecule has 0 atom stereocenters. The van der Waals surface area contributed by atoms with Gasteiger partial charge in [-0.05, 0) is 49.6 Å². The third-order valence-corrected chi connectivity index (χ3v) is 4.45. The lowest BCUT2D eigenvalue weighted by atomic mass is 10.1. The first-order chi connectivity index (χ1) is 13.2. The minimum absolute atomic E-state index is 0. The minimum atomic E-state index is 0. The van der Waals surface area contributed by atoms with Gasteiger partial charge in [0, 0.05) is 39.4 Å². The fourth-order valence-corrected chi connectivity index (χ4v) is 2.78. The Hall–Kier alpha value is -2.03. The number of aromatic nitrogens is 1. The first-order valence-electron chi connectivity index (χ1n) is 9.47. The molecule has 1 aromatic carbocycles. The Bertz CT molecular complexity index is 700. The summed E-state index contributed by atoms with van der Waals surface area (Å²) in [5.74, 6) is 2.69. The molecule has 7 heteroatoms. The zero-order valence-corrected chi connectivity index (χ0v) is 19.6. The van der Waals surface area contributed by atoms with E-state index in [1.165, 1.54) is 5.56 Å². The molecule has 0 unspecified atom stereocenters. The van der Waals surface area contributed by atoms with Gasteiger partial charge in [0.2, 0.25) is 0 Å². The number of rotatable bonds is 9. The van der Waals surface area contributed by atoms with E-state index in [4.69, 9.17) is 4.74 Å². The first-order valence-corrected chi connectivity index (χ1v) is 9.47. The van der Waals surface area contributed by atoms with E-state index in [-0.39, 0.29) is 24.0 Å². The number of anilines is 1. The fourth-order valence-electron chi connectivity index (χ4n) is 2.78. The molecule has 1 heterocycles. The normalized spacial score (nSPS) is 10.8.